The molecule has 0 aliphatic carbocycles. The van der Waals surface area contributed by atoms with Gasteiger partial charge in [-0.25, -0.2) is 4.79 Å². The lowest BCUT2D eigenvalue weighted by molar-refractivity contribution is 0.0600. The molecule has 0 unspecified atom stereocenters. The lowest BCUT2D eigenvalue weighted by Gasteiger charge is -2.25. The molecule has 24 heavy (non-hydrogen) atoms. The lowest BCUT2D eigenvalue weighted by Crippen LogP contribution is -2.36. The second kappa shape index (κ2) is 7.49. The van der Waals surface area contributed by atoms with Crippen molar-refractivity contribution in [1.29, 1.82) is 0 Å². The predicted molar refractivity (Wildman–Crippen MR) is 94.6 cm³/mol. The zero-order valence-electron chi connectivity index (χ0n) is 13.9. The molecule has 0 spiro atoms. The van der Waals surface area contributed by atoms with E-state index >= 15 is 0 Å². The third-order valence-corrected chi connectivity index (χ3v) is 4.14. The van der Waals surface area contributed by atoms with Crippen LogP contribution in [0.25, 0.3) is 0 Å². The maximum atomic E-state index is 12.3. The maximum Gasteiger partial charge on any atom is 0.337 e. The first-order valence-corrected chi connectivity index (χ1v) is 7.94. The summed E-state index contributed by atoms with van der Waals surface area (Å²) >= 11 is 5.91. The van der Waals surface area contributed by atoms with Crippen LogP contribution in [0.1, 0.15) is 40.1 Å². The van der Waals surface area contributed by atoms with Gasteiger partial charge in [0.15, 0.2) is 0 Å². The zero-order valence-corrected chi connectivity index (χ0v) is 14.7. The Morgan fingerprint density at radius 3 is 2.08 bits per heavy atom. The number of carbonyl (C=O) groups excluding carboxylic acids is 2. The molecule has 0 atom stereocenters. The van der Waals surface area contributed by atoms with Gasteiger partial charge in [-0.2, -0.15) is 0 Å². The van der Waals surface area contributed by atoms with Gasteiger partial charge in [-0.1, -0.05) is 37.6 Å². The van der Waals surface area contributed by atoms with Gasteiger partial charge in [0.1, 0.15) is 0 Å². The summed E-state index contributed by atoms with van der Waals surface area (Å²) in [6, 6.07) is 14.0. The molecule has 0 radical (unpaired) electrons. The first-order chi connectivity index (χ1) is 11.3. The van der Waals surface area contributed by atoms with Crippen molar-refractivity contribution in [3.63, 3.8) is 0 Å². The minimum atomic E-state index is -0.425. The number of benzene rings is 2. The third-order valence-electron chi connectivity index (χ3n) is 3.88. The van der Waals surface area contributed by atoms with E-state index in [2.05, 4.69) is 23.9 Å². The number of nitrogens with one attached hydrogen (secondary N) is 1. The monoisotopic (exact) mass is 345 g/mol. The van der Waals surface area contributed by atoms with E-state index in [1.54, 1.807) is 24.3 Å². The molecule has 2 aromatic rings. The molecule has 0 saturated carbocycles. The Bertz CT molecular complexity index is 721. The van der Waals surface area contributed by atoms with Crippen molar-refractivity contribution in [3.8, 4) is 0 Å². The van der Waals surface area contributed by atoms with Gasteiger partial charge >= 0.3 is 5.97 Å². The highest BCUT2D eigenvalue weighted by molar-refractivity contribution is 6.30. The molecule has 0 saturated heterocycles. The Hall–Kier alpha value is -2.33. The highest BCUT2D eigenvalue weighted by atomic mass is 35.5. The van der Waals surface area contributed by atoms with Crippen molar-refractivity contribution >= 4 is 23.5 Å². The Labute approximate surface area is 146 Å². The molecule has 0 aromatic heterocycles. The van der Waals surface area contributed by atoms with Gasteiger partial charge in [-0.3, -0.25) is 4.79 Å². The smallest absolute Gasteiger partial charge is 0.337 e. The number of rotatable bonds is 5. The SMILES string of the molecule is COC(=O)c1ccc(C(=O)NCC(C)(C)c2ccc(Cl)cc2)cc1. The van der Waals surface area contributed by atoms with Crippen LogP contribution in [0.5, 0.6) is 0 Å². The van der Waals surface area contributed by atoms with E-state index < -0.39 is 5.97 Å². The molecule has 0 aliphatic rings. The minimum Gasteiger partial charge on any atom is -0.465 e. The number of hydrogen-bond acceptors (Lipinski definition) is 3. The first kappa shape index (κ1) is 18.0. The number of hydrogen-bond donors (Lipinski definition) is 1. The number of esters is 1. The van der Waals surface area contributed by atoms with Crippen LogP contribution in [0, 0.1) is 0 Å². The highest BCUT2D eigenvalue weighted by Gasteiger charge is 2.21. The standard InChI is InChI=1S/C19H20ClNO3/c1-19(2,15-8-10-16(20)11-9-15)12-21-17(22)13-4-6-14(7-5-13)18(23)24-3/h4-11H,12H2,1-3H3,(H,21,22). The van der Waals surface area contributed by atoms with Crippen molar-refractivity contribution < 1.29 is 14.3 Å². The largest absolute Gasteiger partial charge is 0.465 e. The summed E-state index contributed by atoms with van der Waals surface area (Å²) in [5, 5.41) is 3.61. The topological polar surface area (TPSA) is 55.4 Å². The molecule has 1 amide bonds. The number of methoxy groups -OCH3 is 1. The van der Waals surface area contributed by atoms with Gasteiger partial charge < -0.3 is 10.1 Å². The average molecular weight is 346 g/mol. The van der Waals surface area contributed by atoms with Crippen LogP contribution < -0.4 is 5.32 Å². The van der Waals surface area contributed by atoms with Gasteiger partial charge in [0.2, 0.25) is 0 Å². The minimum absolute atomic E-state index is 0.187. The van der Waals surface area contributed by atoms with E-state index in [9.17, 15) is 9.59 Å². The van der Waals surface area contributed by atoms with Crippen molar-refractivity contribution in [2.24, 2.45) is 0 Å². The molecular weight excluding hydrogens is 326 g/mol. The molecule has 2 aromatic carbocycles. The molecular formula is C19H20ClNO3. The van der Waals surface area contributed by atoms with E-state index in [-0.39, 0.29) is 11.3 Å². The Balaban J connectivity index is 2.01. The zero-order chi connectivity index (χ0) is 17.7. The van der Waals surface area contributed by atoms with Crippen LogP contribution in [0.3, 0.4) is 0 Å². The van der Waals surface area contributed by atoms with Gasteiger partial charge in [-0.05, 0) is 42.0 Å². The van der Waals surface area contributed by atoms with Crippen molar-refractivity contribution in [2.75, 3.05) is 13.7 Å². The summed E-state index contributed by atoms with van der Waals surface area (Å²) < 4.78 is 4.64. The number of halogens is 1. The molecule has 2 rings (SSSR count). The van der Waals surface area contributed by atoms with Crippen molar-refractivity contribution in [3.05, 3.63) is 70.2 Å². The number of ether oxygens (including phenoxy) is 1. The number of carbonyl (C=O) groups is 2. The average Bonchev–Trinajstić information content (AvgIpc) is 2.59. The molecule has 4 nitrogen and oxygen atoms in total. The van der Waals surface area contributed by atoms with Crippen LogP contribution in [-0.4, -0.2) is 25.5 Å². The second-order valence-electron chi connectivity index (χ2n) is 6.14. The summed E-state index contributed by atoms with van der Waals surface area (Å²) in [6.07, 6.45) is 0. The van der Waals surface area contributed by atoms with Gasteiger partial charge in [0.25, 0.3) is 5.91 Å². The molecule has 1 N–H and O–H groups in total. The van der Waals surface area contributed by atoms with Crippen molar-refractivity contribution in [1.82, 2.24) is 5.32 Å². The third kappa shape index (κ3) is 4.36. The molecule has 0 aliphatic heterocycles. The molecule has 0 bridgehead atoms. The van der Waals surface area contributed by atoms with E-state index in [1.165, 1.54) is 7.11 Å². The Morgan fingerprint density at radius 1 is 1.00 bits per heavy atom. The summed E-state index contributed by atoms with van der Waals surface area (Å²) in [5.41, 5.74) is 1.77. The van der Waals surface area contributed by atoms with Crippen LogP contribution >= 0.6 is 11.6 Å². The highest BCUT2D eigenvalue weighted by Crippen LogP contribution is 2.24. The maximum absolute atomic E-state index is 12.3. The van der Waals surface area contributed by atoms with Gasteiger partial charge in [0, 0.05) is 22.5 Å². The molecule has 0 heterocycles. The fourth-order valence-electron chi connectivity index (χ4n) is 2.28. The van der Waals surface area contributed by atoms with E-state index in [0.29, 0.717) is 22.7 Å². The fraction of sp³-hybridized carbons (Fsp3) is 0.263. The summed E-state index contributed by atoms with van der Waals surface area (Å²) in [7, 11) is 1.32. The molecule has 5 heteroatoms. The Kier molecular flexibility index (Phi) is 5.62. The summed E-state index contributed by atoms with van der Waals surface area (Å²) in [4.78, 5) is 23.7. The summed E-state index contributed by atoms with van der Waals surface area (Å²) in [5.74, 6) is -0.612. The van der Waals surface area contributed by atoms with Gasteiger partial charge in [0.05, 0.1) is 12.7 Å². The van der Waals surface area contributed by atoms with Crippen LogP contribution in [0.4, 0.5) is 0 Å². The first-order valence-electron chi connectivity index (χ1n) is 7.56. The van der Waals surface area contributed by atoms with Crippen LogP contribution in [-0.2, 0) is 10.2 Å². The quantitative estimate of drug-likeness (QED) is 0.838. The van der Waals surface area contributed by atoms with E-state index in [4.69, 9.17) is 11.6 Å². The van der Waals surface area contributed by atoms with E-state index in [1.807, 2.05) is 24.3 Å². The number of amides is 1. The lowest BCUT2D eigenvalue weighted by atomic mass is 9.84. The molecule has 0 fully saturated rings. The van der Waals surface area contributed by atoms with Crippen molar-refractivity contribution in [2.45, 2.75) is 19.3 Å². The van der Waals surface area contributed by atoms with Crippen LogP contribution in [0.2, 0.25) is 5.02 Å². The fourth-order valence-corrected chi connectivity index (χ4v) is 2.41. The normalized spacial score (nSPS) is 11.0. The Morgan fingerprint density at radius 2 is 1.54 bits per heavy atom. The predicted octanol–water partition coefficient (Wildman–Crippen LogP) is 3.83. The molecule has 126 valence electrons. The van der Waals surface area contributed by atoms with Crippen LogP contribution in [0.15, 0.2) is 48.5 Å². The second-order valence-corrected chi connectivity index (χ2v) is 6.58. The van der Waals surface area contributed by atoms with E-state index in [0.717, 1.165) is 5.56 Å². The van der Waals surface area contributed by atoms with Gasteiger partial charge in [-0.15, -0.1) is 0 Å². The summed E-state index contributed by atoms with van der Waals surface area (Å²) in [6.45, 7) is 4.58.